The molecular weight excluding hydrogens is 236 g/mol. The summed E-state index contributed by atoms with van der Waals surface area (Å²) in [6.07, 6.45) is 0.839. The third kappa shape index (κ3) is 3.06. The Morgan fingerprint density at radius 1 is 1.33 bits per heavy atom. The Bertz CT molecular complexity index is 423. The number of benzene rings is 1. The van der Waals surface area contributed by atoms with E-state index in [9.17, 15) is 13.9 Å². The molecule has 102 valence electrons. The van der Waals surface area contributed by atoms with Crippen molar-refractivity contribution < 1.29 is 13.9 Å². The van der Waals surface area contributed by atoms with Crippen molar-refractivity contribution in [2.24, 2.45) is 0 Å². The molecule has 0 aliphatic rings. The maximum atomic E-state index is 13.9. The van der Waals surface area contributed by atoms with Gasteiger partial charge in [0.15, 0.2) is 0 Å². The Labute approximate surface area is 107 Å². The lowest BCUT2D eigenvalue weighted by Crippen LogP contribution is -2.47. The summed E-state index contributed by atoms with van der Waals surface area (Å²) in [4.78, 5) is 0. The van der Waals surface area contributed by atoms with Crippen molar-refractivity contribution in [3.63, 3.8) is 0 Å². The quantitative estimate of drug-likeness (QED) is 0.850. The van der Waals surface area contributed by atoms with Crippen LogP contribution in [0.15, 0.2) is 12.1 Å². The largest absolute Gasteiger partial charge is 0.394 e. The number of halogens is 2. The van der Waals surface area contributed by atoms with Gasteiger partial charge in [-0.3, -0.25) is 0 Å². The topological polar surface area (TPSA) is 32.3 Å². The average Bonchev–Trinajstić information content (AvgIpc) is 2.33. The number of aryl methyl sites for hydroxylation is 1. The fourth-order valence-corrected chi connectivity index (χ4v) is 1.92. The molecule has 2 unspecified atom stereocenters. The van der Waals surface area contributed by atoms with Crippen LogP contribution in [0.1, 0.15) is 38.3 Å². The Morgan fingerprint density at radius 3 is 2.44 bits per heavy atom. The summed E-state index contributed by atoms with van der Waals surface area (Å²) in [6.45, 7) is 6.82. The highest BCUT2D eigenvalue weighted by molar-refractivity contribution is 5.31. The van der Waals surface area contributed by atoms with Crippen LogP contribution in [0.2, 0.25) is 0 Å². The summed E-state index contributed by atoms with van der Waals surface area (Å²) in [6, 6.07) is 2.43. The molecule has 0 saturated carbocycles. The first-order valence-corrected chi connectivity index (χ1v) is 6.18. The second-order valence-corrected chi connectivity index (χ2v) is 5.03. The molecule has 1 aromatic rings. The molecule has 0 radical (unpaired) electrons. The molecule has 0 heterocycles. The summed E-state index contributed by atoms with van der Waals surface area (Å²) < 4.78 is 27.5. The highest BCUT2D eigenvalue weighted by Crippen LogP contribution is 2.26. The van der Waals surface area contributed by atoms with Crippen LogP contribution in [0.25, 0.3) is 0 Å². The van der Waals surface area contributed by atoms with Crippen LogP contribution in [0, 0.1) is 18.6 Å². The Morgan fingerprint density at radius 2 is 1.94 bits per heavy atom. The first-order chi connectivity index (χ1) is 8.34. The second kappa shape index (κ2) is 5.76. The van der Waals surface area contributed by atoms with Crippen LogP contribution >= 0.6 is 0 Å². The van der Waals surface area contributed by atoms with E-state index in [1.54, 1.807) is 6.92 Å². The zero-order chi connectivity index (χ0) is 13.9. The van der Waals surface area contributed by atoms with Gasteiger partial charge in [-0.25, -0.2) is 8.78 Å². The molecule has 2 N–H and O–H groups in total. The number of aliphatic hydroxyl groups is 1. The summed E-state index contributed by atoms with van der Waals surface area (Å²) in [5, 5.41) is 12.7. The molecule has 4 heteroatoms. The Hall–Kier alpha value is -1.00. The third-order valence-corrected chi connectivity index (χ3v) is 3.34. The molecule has 0 aliphatic carbocycles. The lowest BCUT2D eigenvalue weighted by molar-refractivity contribution is 0.158. The van der Waals surface area contributed by atoms with Gasteiger partial charge in [0.25, 0.3) is 0 Å². The van der Waals surface area contributed by atoms with Gasteiger partial charge in [0.2, 0.25) is 0 Å². The van der Waals surface area contributed by atoms with E-state index in [1.807, 2.05) is 13.8 Å². The minimum atomic E-state index is -0.978. The summed E-state index contributed by atoms with van der Waals surface area (Å²) in [7, 11) is 0. The van der Waals surface area contributed by atoms with Crippen molar-refractivity contribution in [2.75, 3.05) is 6.61 Å². The molecule has 1 aromatic carbocycles. The van der Waals surface area contributed by atoms with Crippen LogP contribution in [-0.2, 0) is 5.54 Å². The van der Waals surface area contributed by atoms with Gasteiger partial charge in [0.1, 0.15) is 11.6 Å². The molecule has 2 nitrogen and oxygen atoms in total. The van der Waals surface area contributed by atoms with E-state index in [4.69, 9.17) is 0 Å². The van der Waals surface area contributed by atoms with Crippen molar-refractivity contribution in [1.82, 2.24) is 5.32 Å². The van der Waals surface area contributed by atoms with Gasteiger partial charge in [-0.05, 0) is 44.9 Å². The maximum Gasteiger partial charge on any atom is 0.128 e. The zero-order valence-corrected chi connectivity index (χ0v) is 11.3. The molecule has 0 bridgehead atoms. The normalized spacial score (nSPS) is 16.4. The van der Waals surface area contributed by atoms with Gasteiger partial charge in [0, 0.05) is 11.6 Å². The first kappa shape index (κ1) is 15.1. The maximum absolute atomic E-state index is 13.9. The second-order valence-electron chi connectivity index (χ2n) is 5.03. The highest BCUT2D eigenvalue weighted by Gasteiger charge is 2.30. The van der Waals surface area contributed by atoms with E-state index >= 15 is 0 Å². The van der Waals surface area contributed by atoms with Gasteiger partial charge < -0.3 is 10.4 Å². The Kier molecular flexibility index (Phi) is 4.82. The van der Waals surface area contributed by atoms with E-state index in [1.165, 1.54) is 6.92 Å². The summed E-state index contributed by atoms with van der Waals surface area (Å²) in [5.41, 5.74) is -0.554. The van der Waals surface area contributed by atoms with E-state index in [2.05, 4.69) is 5.32 Å². The molecule has 18 heavy (non-hydrogen) atoms. The molecule has 0 amide bonds. The summed E-state index contributed by atoms with van der Waals surface area (Å²) in [5.74, 6) is -0.960. The predicted octanol–water partition coefficient (Wildman–Crippen LogP) is 2.87. The Balaban J connectivity index is 3.19. The SMILES string of the molecule is CCC(C)NC(C)(CO)c1cc(F)c(C)cc1F. The van der Waals surface area contributed by atoms with Gasteiger partial charge in [0.05, 0.1) is 12.1 Å². The first-order valence-electron chi connectivity index (χ1n) is 6.18. The molecule has 1 rings (SSSR count). The monoisotopic (exact) mass is 257 g/mol. The van der Waals surface area contributed by atoms with Crippen LogP contribution in [-0.4, -0.2) is 17.8 Å². The molecule has 2 atom stereocenters. The molecule has 0 fully saturated rings. The number of aliphatic hydroxyl groups excluding tert-OH is 1. The van der Waals surface area contributed by atoms with Crippen molar-refractivity contribution >= 4 is 0 Å². The smallest absolute Gasteiger partial charge is 0.128 e. The minimum absolute atomic E-state index is 0.103. The molecule has 0 saturated heterocycles. The fourth-order valence-electron chi connectivity index (χ4n) is 1.92. The van der Waals surface area contributed by atoms with Crippen molar-refractivity contribution in [1.29, 1.82) is 0 Å². The number of rotatable bonds is 5. The van der Waals surface area contributed by atoms with E-state index < -0.39 is 17.2 Å². The van der Waals surface area contributed by atoms with Gasteiger partial charge in [-0.1, -0.05) is 6.92 Å². The van der Waals surface area contributed by atoms with Gasteiger partial charge >= 0.3 is 0 Å². The molecular formula is C14H21F2NO. The van der Waals surface area contributed by atoms with Crippen molar-refractivity contribution in [3.05, 3.63) is 34.9 Å². The lowest BCUT2D eigenvalue weighted by atomic mass is 9.90. The lowest BCUT2D eigenvalue weighted by Gasteiger charge is -2.33. The highest BCUT2D eigenvalue weighted by atomic mass is 19.1. The van der Waals surface area contributed by atoms with Crippen LogP contribution in [0.4, 0.5) is 8.78 Å². The third-order valence-electron chi connectivity index (χ3n) is 3.34. The van der Waals surface area contributed by atoms with E-state index in [0.29, 0.717) is 0 Å². The number of hydrogen-bond donors (Lipinski definition) is 2. The molecule has 0 spiro atoms. The predicted molar refractivity (Wildman–Crippen MR) is 68.4 cm³/mol. The zero-order valence-electron chi connectivity index (χ0n) is 11.3. The van der Waals surface area contributed by atoms with Crippen molar-refractivity contribution in [2.45, 2.75) is 45.7 Å². The van der Waals surface area contributed by atoms with Gasteiger partial charge in [-0.15, -0.1) is 0 Å². The van der Waals surface area contributed by atoms with Gasteiger partial charge in [-0.2, -0.15) is 0 Å². The van der Waals surface area contributed by atoms with Crippen LogP contribution in [0.3, 0.4) is 0 Å². The van der Waals surface area contributed by atoms with E-state index in [-0.39, 0.29) is 23.8 Å². The van der Waals surface area contributed by atoms with E-state index in [0.717, 1.165) is 18.6 Å². The standard InChI is InChI=1S/C14H21F2NO/c1-5-10(3)17-14(4,8-18)11-7-12(15)9(2)6-13(11)16/h6-7,10,17-18H,5,8H2,1-4H3. The minimum Gasteiger partial charge on any atom is -0.394 e. The number of nitrogens with one attached hydrogen (secondary N) is 1. The van der Waals surface area contributed by atoms with Crippen molar-refractivity contribution in [3.8, 4) is 0 Å². The fraction of sp³-hybridized carbons (Fsp3) is 0.571. The molecule has 0 aliphatic heterocycles. The summed E-state index contributed by atoms with van der Waals surface area (Å²) >= 11 is 0. The van der Waals surface area contributed by atoms with Crippen LogP contribution in [0.5, 0.6) is 0 Å². The number of hydrogen-bond acceptors (Lipinski definition) is 2. The average molecular weight is 257 g/mol. The van der Waals surface area contributed by atoms with Crippen LogP contribution < -0.4 is 5.32 Å². The molecule has 0 aromatic heterocycles.